The zero-order valence-corrected chi connectivity index (χ0v) is 12.7. The predicted molar refractivity (Wildman–Crippen MR) is 84.2 cm³/mol. The first-order chi connectivity index (χ1) is 9.26. The zero-order chi connectivity index (χ0) is 13.7. The molecule has 0 saturated carbocycles. The van der Waals surface area contributed by atoms with Crippen LogP contribution in [-0.4, -0.2) is 36.0 Å². The molecule has 3 N–H and O–H groups in total. The number of benzene rings is 1. The highest BCUT2D eigenvalue weighted by atomic mass is 32.2. The van der Waals surface area contributed by atoms with Crippen LogP contribution in [0.25, 0.3) is 0 Å². The molecular weight excluding hydrogens is 254 g/mol. The minimum Gasteiger partial charge on any atom is -0.300 e. The van der Waals surface area contributed by atoms with Gasteiger partial charge >= 0.3 is 0 Å². The summed E-state index contributed by atoms with van der Waals surface area (Å²) in [6, 6.07) is 9.61. The third-order valence-corrected chi connectivity index (χ3v) is 4.93. The standard InChI is InChI=1S/C15H25N3S/c1-3-4-12-5-7-13(8-6-12)15(17-16)14-11-19-10-9-18(14)2/h5-8,14-15,17H,3-4,9-11,16H2,1-2H3. The van der Waals surface area contributed by atoms with Gasteiger partial charge in [0.05, 0.1) is 6.04 Å². The van der Waals surface area contributed by atoms with Gasteiger partial charge < -0.3 is 0 Å². The molecule has 19 heavy (non-hydrogen) atoms. The number of nitrogens with one attached hydrogen (secondary N) is 1. The number of thioether (sulfide) groups is 1. The summed E-state index contributed by atoms with van der Waals surface area (Å²) in [4.78, 5) is 2.42. The highest BCUT2D eigenvalue weighted by molar-refractivity contribution is 7.99. The maximum absolute atomic E-state index is 5.81. The van der Waals surface area contributed by atoms with Crippen molar-refractivity contribution in [2.24, 2.45) is 5.84 Å². The lowest BCUT2D eigenvalue weighted by molar-refractivity contribution is 0.216. The van der Waals surface area contributed by atoms with Crippen LogP contribution >= 0.6 is 11.8 Å². The van der Waals surface area contributed by atoms with Crippen molar-refractivity contribution in [3.63, 3.8) is 0 Å². The molecule has 1 aromatic rings. The zero-order valence-electron chi connectivity index (χ0n) is 11.9. The van der Waals surface area contributed by atoms with Crippen LogP contribution in [0.2, 0.25) is 0 Å². The number of likely N-dealkylation sites (N-methyl/N-ethyl adjacent to an activating group) is 1. The third-order valence-electron chi connectivity index (χ3n) is 3.88. The summed E-state index contributed by atoms with van der Waals surface area (Å²) < 4.78 is 0. The summed E-state index contributed by atoms with van der Waals surface area (Å²) in [5.74, 6) is 8.17. The van der Waals surface area contributed by atoms with Gasteiger partial charge in [-0.05, 0) is 24.6 Å². The largest absolute Gasteiger partial charge is 0.300 e. The SMILES string of the molecule is CCCc1ccc(C(NN)C2CSCCN2C)cc1. The molecule has 1 aromatic carbocycles. The summed E-state index contributed by atoms with van der Waals surface area (Å²) >= 11 is 2.02. The van der Waals surface area contributed by atoms with Crippen molar-refractivity contribution in [1.29, 1.82) is 0 Å². The highest BCUT2D eigenvalue weighted by Crippen LogP contribution is 2.26. The maximum Gasteiger partial charge on any atom is 0.0623 e. The average Bonchev–Trinajstić information content (AvgIpc) is 2.44. The molecule has 0 amide bonds. The Labute approximate surface area is 120 Å². The first kappa shape index (κ1) is 14.9. The Bertz CT molecular complexity index is 379. The van der Waals surface area contributed by atoms with Gasteiger partial charge in [-0.25, -0.2) is 0 Å². The highest BCUT2D eigenvalue weighted by Gasteiger charge is 2.28. The van der Waals surface area contributed by atoms with Crippen LogP contribution < -0.4 is 11.3 Å². The lowest BCUT2D eigenvalue weighted by Gasteiger charge is -2.37. The molecule has 0 spiro atoms. The fourth-order valence-corrected chi connectivity index (χ4v) is 3.94. The van der Waals surface area contributed by atoms with Crippen molar-refractivity contribution in [3.05, 3.63) is 35.4 Å². The van der Waals surface area contributed by atoms with Crippen molar-refractivity contribution >= 4 is 11.8 Å². The van der Waals surface area contributed by atoms with Crippen molar-refractivity contribution < 1.29 is 0 Å². The number of aryl methyl sites for hydroxylation is 1. The van der Waals surface area contributed by atoms with E-state index in [0.717, 1.165) is 18.7 Å². The van der Waals surface area contributed by atoms with E-state index in [2.05, 4.69) is 48.6 Å². The number of hydrogen-bond acceptors (Lipinski definition) is 4. The fourth-order valence-electron chi connectivity index (χ4n) is 2.67. The van der Waals surface area contributed by atoms with E-state index in [-0.39, 0.29) is 6.04 Å². The van der Waals surface area contributed by atoms with Crippen molar-refractivity contribution in [3.8, 4) is 0 Å². The van der Waals surface area contributed by atoms with Crippen LogP contribution in [0.1, 0.15) is 30.5 Å². The predicted octanol–water partition coefficient (Wildman–Crippen LogP) is 2.19. The number of nitrogens with zero attached hydrogens (tertiary/aromatic N) is 1. The van der Waals surface area contributed by atoms with E-state index in [0.29, 0.717) is 6.04 Å². The molecule has 2 atom stereocenters. The Kier molecular flexibility index (Phi) is 5.70. The Hall–Kier alpha value is -0.550. The minimum absolute atomic E-state index is 0.216. The summed E-state index contributed by atoms with van der Waals surface area (Å²) in [6.07, 6.45) is 2.35. The van der Waals surface area contributed by atoms with E-state index >= 15 is 0 Å². The normalized spacial score (nSPS) is 22.4. The van der Waals surface area contributed by atoms with Crippen LogP contribution in [0.15, 0.2) is 24.3 Å². The van der Waals surface area contributed by atoms with Gasteiger partial charge in [-0.15, -0.1) is 0 Å². The first-order valence-electron chi connectivity index (χ1n) is 7.09. The van der Waals surface area contributed by atoms with Gasteiger partial charge in [-0.1, -0.05) is 37.6 Å². The van der Waals surface area contributed by atoms with E-state index in [1.54, 1.807) is 0 Å². The van der Waals surface area contributed by atoms with Gasteiger partial charge in [0.2, 0.25) is 0 Å². The summed E-state index contributed by atoms with van der Waals surface area (Å²) in [6.45, 7) is 3.35. The number of hydrogen-bond donors (Lipinski definition) is 2. The van der Waals surface area contributed by atoms with E-state index in [1.807, 2.05) is 11.8 Å². The van der Waals surface area contributed by atoms with Crippen LogP contribution in [0.5, 0.6) is 0 Å². The Morgan fingerprint density at radius 2 is 2.16 bits per heavy atom. The molecule has 3 nitrogen and oxygen atoms in total. The molecule has 0 radical (unpaired) electrons. The second kappa shape index (κ2) is 7.29. The summed E-state index contributed by atoms with van der Waals surface area (Å²) in [5.41, 5.74) is 5.72. The Morgan fingerprint density at radius 3 is 2.74 bits per heavy atom. The molecule has 1 fully saturated rings. The summed E-state index contributed by atoms with van der Waals surface area (Å²) in [7, 11) is 2.19. The van der Waals surface area contributed by atoms with Gasteiger partial charge in [-0.2, -0.15) is 11.8 Å². The molecule has 106 valence electrons. The summed E-state index contributed by atoms with van der Waals surface area (Å²) in [5, 5.41) is 0. The molecule has 1 saturated heterocycles. The molecule has 0 aromatic heterocycles. The van der Waals surface area contributed by atoms with E-state index in [9.17, 15) is 0 Å². The molecule has 2 rings (SSSR count). The molecule has 1 aliphatic heterocycles. The first-order valence-corrected chi connectivity index (χ1v) is 8.24. The molecule has 1 aliphatic rings. The minimum atomic E-state index is 0.216. The number of hydrazine groups is 1. The number of rotatable bonds is 5. The molecule has 1 heterocycles. The fraction of sp³-hybridized carbons (Fsp3) is 0.600. The quantitative estimate of drug-likeness (QED) is 0.640. The van der Waals surface area contributed by atoms with Crippen molar-refractivity contribution in [2.75, 3.05) is 25.1 Å². The van der Waals surface area contributed by atoms with Crippen molar-refractivity contribution in [2.45, 2.75) is 31.8 Å². The molecule has 0 aliphatic carbocycles. The van der Waals surface area contributed by atoms with Crippen LogP contribution in [0, 0.1) is 0 Å². The van der Waals surface area contributed by atoms with Gasteiger partial charge in [0, 0.05) is 24.1 Å². The van der Waals surface area contributed by atoms with Gasteiger partial charge in [0.1, 0.15) is 0 Å². The van der Waals surface area contributed by atoms with E-state index in [4.69, 9.17) is 5.84 Å². The second-order valence-corrected chi connectivity index (χ2v) is 6.41. The molecular formula is C15H25N3S. The monoisotopic (exact) mass is 279 g/mol. The van der Waals surface area contributed by atoms with E-state index < -0.39 is 0 Å². The van der Waals surface area contributed by atoms with Gasteiger partial charge in [0.15, 0.2) is 0 Å². The molecule has 2 unspecified atom stereocenters. The molecule has 4 heteroatoms. The Morgan fingerprint density at radius 1 is 1.42 bits per heavy atom. The number of nitrogens with two attached hydrogens (primary N) is 1. The van der Waals surface area contributed by atoms with Gasteiger partial charge in [-0.3, -0.25) is 16.2 Å². The maximum atomic E-state index is 5.81. The molecule has 0 bridgehead atoms. The van der Waals surface area contributed by atoms with Crippen LogP contribution in [0.4, 0.5) is 0 Å². The third kappa shape index (κ3) is 3.72. The van der Waals surface area contributed by atoms with E-state index in [1.165, 1.54) is 23.3 Å². The van der Waals surface area contributed by atoms with Gasteiger partial charge in [0.25, 0.3) is 0 Å². The van der Waals surface area contributed by atoms with Crippen LogP contribution in [-0.2, 0) is 6.42 Å². The smallest absolute Gasteiger partial charge is 0.0623 e. The lowest BCUT2D eigenvalue weighted by atomic mass is 9.97. The Balaban J connectivity index is 2.11. The lowest BCUT2D eigenvalue weighted by Crippen LogP contribution is -2.49. The van der Waals surface area contributed by atoms with Crippen molar-refractivity contribution in [1.82, 2.24) is 10.3 Å². The van der Waals surface area contributed by atoms with Crippen LogP contribution in [0.3, 0.4) is 0 Å². The second-order valence-electron chi connectivity index (χ2n) is 5.26. The topological polar surface area (TPSA) is 41.3 Å². The average molecular weight is 279 g/mol.